The van der Waals surface area contributed by atoms with Crippen molar-refractivity contribution in [2.45, 2.75) is 45.5 Å². The molecule has 0 bridgehead atoms. The number of rotatable bonds is 12. The number of carboxylic acid groups (broad SMARTS) is 1. The zero-order valence-corrected chi connectivity index (χ0v) is 45.7. The van der Waals surface area contributed by atoms with Crippen molar-refractivity contribution in [3.8, 4) is 0 Å². The Morgan fingerprint density at radius 3 is 1.05 bits per heavy atom. The van der Waals surface area contributed by atoms with E-state index in [4.69, 9.17) is 5.11 Å². The highest BCUT2D eigenvalue weighted by Crippen LogP contribution is 2.34. The third-order valence-corrected chi connectivity index (χ3v) is 16.3. The second kappa shape index (κ2) is 28.6. The fraction of sp³-hybridized carbons (Fsp3) is 0.246. The Morgan fingerprint density at radius 1 is 0.407 bits per heavy atom. The molecule has 0 spiro atoms. The fourth-order valence-electron chi connectivity index (χ4n) is 8.26. The van der Waals surface area contributed by atoms with Gasteiger partial charge < -0.3 is 35.3 Å². The molecule has 0 radical (unpaired) electrons. The molecule has 458 valence electrons. The number of hydrogen-bond acceptors (Lipinski definition) is 11. The molecule has 29 heteroatoms. The zero-order chi connectivity index (χ0) is 62.5. The van der Waals surface area contributed by atoms with Crippen LogP contribution in [0.4, 0.5) is 39.5 Å². The van der Waals surface area contributed by atoms with Gasteiger partial charge in [0.2, 0.25) is 31.5 Å². The number of carbonyl (C=O) groups excluding carboxylic acids is 6. The number of alkyl halides is 9. The van der Waals surface area contributed by atoms with E-state index in [9.17, 15) is 89.9 Å². The number of benzene rings is 6. The van der Waals surface area contributed by atoms with Gasteiger partial charge in [0.25, 0.3) is 17.7 Å². The van der Waals surface area contributed by atoms with Crippen LogP contribution in [0.15, 0.2) is 177 Å². The van der Waals surface area contributed by atoms with Gasteiger partial charge in [0.15, 0.2) is 0 Å². The predicted octanol–water partition coefficient (Wildman–Crippen LogP) is 7.77. The minimum absolute atomic E-state index is 0. The monoisotopic (exact) mass is 1250 g/mol. The number of sulfone groups is 2. The summed E-state index contributed by atoms with van der Waals surface area (Å²) in [4.78, 5) is 88.8. The molecule has 86 heavy (non-hydrogen) atoms. The van der Waals surface area contributed by atoms with E-state index in [1.54, 1.807) is 36.4 Å². The average Bonchev–Trinajstić information content (AvgIpc) is 1.48. The third-order valence-electron chi connectivity index (χ3n) is 12.8. The van der Waals surface area contributed by atoms with Crippen LogP contribution in [0.2, 0.25) is 0 Å². The second-order valence-corrected chi connectivity index (χ2v) is 22.2. The summed E-state index contributed by atoms with van der Waals surface area (Å²) >= 11 is 0. The zero-order valence-electron chi connectivity index (χ0n) is 44.0. The minimum atomic E-state index is -5.11. The van der Waals surface area contributed by atoms with Gasteiger partial charge in [-0.05, 0) is 97.1 Å². The highest BCUT2D eigenvalue weighted by molar-refractivity contribution is 7.91. The van der Waals surface area contributed by atoms with Gasteiger partial charge in [0.05, 0.1) is 60.5 Å². The van der Waals surface area contributed by atoms with Crippen molar-refractivity contribution < 1.29 is 95.0 Å². The number of halogens is 9. The van der Waals surface area contributed by atoms with Crippen molar-refractivity contribution in [3.63, 3.8) is 0 Å². The molecule has 6 aromatic rings. The van der Waals surface area contributed by atoms with Gasteiger partial charge in [-0.3, -0.25) is 28.8 Å². The molecule has 3 N–H and O–H groups in total. The van der Waals surface area contributed by atoms with Crippen LogP contribution in [-0.4, -0.2) is 155 Å². The number of piperazine rings is 2. The van der Waals surface area contributed by atoms with Crippen LogP contribution in [-0.2, 0) is 46.4 Å². The van der Waals surface area contributed by atoms with E-state index in [1.807, 2.05) is 0 Å². The topological polar surface area (TPSA) is 245 Å². The molecule has 0 aliphatic carbocycles. The van der Waals surface area contributed by atoms with E-state index in [2.05, 4.69) is 5.32 Å². The number of nitrogens with zero attached hydrogens (tertiary/aromatic N) is 4. The Hall–Kier alpha value is -9.12. The smallest absolute Gasteiger partial charge is 0.471 e. The average molecular weight is 1250 g/mol. The van der Waals surface area contributed by atoms with Gasteiger partial charge in [-0.2, -0.15) is 39.5 Å². The maximum absolute atomic E-state index is 13.3. The molecular formula is C57H53F9N6O12S2. The van der Waals surface area contributed by atoms with E-state index in [-0.39, 0.29) is 97.0 Å². The summed E-state index contributed by atoms with van der Waals surface area (Å²) in [7, 11) is -7.31. The molecule has 0 unspecified atom stereocenters. The van der Waals surface area contributed by atoms with Crippen LogP contribution in [0, 0.1) is 0 Å². The number of carbonyl (C=O) groups is 7. The van der Waals surface area contributed by atoms with E-state index in [1.165, 1.54) is 106 Å². The summed E-state index contributed by atoms with van der Waals surface area (Å²) in [6.07, 6.45) is -14.5. The first kappa shape index (κ1) is 67.7. The fourth-order valence-corrected chi connectivity index (χ4v) is 10.8. The summed E-state index contributed by atoms with van der Waals surface area (Å²) in [5.74, 6) is -6.75. The van der Waals surface area contributed by atoms with Crippen LogP contribution in [0.1, 0.15) is 60.0 Å². The van der Waals surface area contributed by atoms with E-state index >= 15 is 0 Å². The molecule has 0 saturated carbocycles. The SMILES string of the molecule is C.O=C(CNC(=O)C(F)(F)F)N1CCN(C(=O)c2ccccc2C(F)(F)F)CC1.O=C(NCC(=O)N1CCN(C(=O)c2ccccc2C(F)(F)F)CC1)c1ccc(S(=O)(=O)c2ccccc2)cc1.O=C(O)c1ccc(S(=O)(=O)c2ccccc2)cc1. The van der Waals surface area contributed by atoms with Crippen molar-refractivity contribution >= 4 is 61.1 Å². The summed E-state index contributed by atoms with van der Waals surface area (Å²) in [5.41, 5.74) is -2.84. The maximum atomic E-state index is 13.3. The quantitative estimate of drug-likeness (QED) is 0.0995. The van der Waals surface area contributed by atoms with Crippen LogP contribution in [0.3, 0.4) is 0 Å². The van der Waals surface area contributed by atoms with Crippen molar-refractivity contribution in [2.24, 2.45) is 0 Å². The summed E-state index contributed by atoms with van der Waals surface area (Å²) < 4.78 is 165. The normalized spacial score (nSPS) is 13.7. The molecule has 18 nitrogen and oxygen atoms in total. The van der Waals surface area contributed by atoms with Crippen molar-refractivity contribution in [2.75, 3.05) is 65.4 Å². The lowest BCUT2D eigenvalue weighted by molar-refractivity contribution is -0.174. The molecule has 2 fully saturated rings. The Bertz CT molecular complexity index is 3620. The van der Waals surface area contributed by atoms with Gasteiger partial charge in [-0.1, -0.05) is 68.1 Å². The Labute approximate surface area is 486 Å². The number of nitrogens with one attached hydrogen (secondary N) is 2. The molecule has 6 amide bonds. The lowest BCUT2D eigenvalue weighted by Crippen LogP contribution is -2.53. The highest BCUT2D eigenvalue weighted by Gasteiger charge is 2.40. The number of aromatic carboxylic acids is 1. The number of hydrogen-bond donors (Lipinski definition) is 3. The molecule has 6 aromatic carbocycles. The van der Waals surface area contributed by atoms with Crippen LogP contribution < -0.4 is 10.6 Å². The first-order valence-corrected chi connectivity index (χ1v) is 28.0. The van der Waals surface area contributed by atoms with E-state index in [0.29, 0.717) is 0 Å². The molecule has 0 aromatic heterocycles. The van der Waals surface area contributed by atoms with Crippen molar-refractivity contribution in [1.82, 2.24) is 30.2 Å². The summed E-state index contributed by atoms with van der Waals surface area (Å²) in [6.45, 7) is -1.28. The Kier molecular flexibility index (Phi) is 22.5. The largest absolute Gasteiger partial charge is 0.478 e. The highest BCUT2D eigenvalue weighted by atomic mass is 32.2. The van der Waals surface area contributed by atoms with Gasteiger partial charge in [0, 0.05) is 57.9 Å². The Balaban J connectivity index is 0.000000251. The molecule has 2 saturated heterocycles. The van der Waals surface area contributed by atoms with Gasteiger partial charge in [0.1, 0.15) is 0 Å². The van der Waals surface area contributed by atoms with Crippen molar-refractivity contribution in [1.29, 1.82) is 0 Å². The molecular weight excluding hydrogens is 1200 g/mol. The molecule has 0 atom stereocenters. The second-order valence-electron chi connectivity index (χ2n) is 18.3. The number of carboxylic acids is 1. The van der Waals surface area contributed by atoms with Crippen molar-refractivity contribution in [3.05, 3.63) is 191 Å². The molecule has 2 aliphatic rings. The van der Waals surface area contributed by atoms with E-state index in [0.717, 1.165) is 40.1 Å². The van der Waals surface area contributed by atoms with Gasteiger partial charge in [-0.25, -0.2) is 21.6 Å². The number of amides is 6. The van der Waals surface area contributed by atoms with Crippen LogP contribution in [0.25, 0.3) is 0 Å². The maximum Gasteiger partial charge on any atom is 0.471 e. The summed E-state index contributed by atoms with van der Waals surface area (Å²) in [5, 5.41) is 12.7. The minimum Gasteiger partial charge on any atom is -0.478 e. The standard InChI is InChI=1S/C27H24F3N3O5S.C16H15F6N3O3.C13H10O4S.CH4/c28-27(29,30)23-9-5-4-8-22(23)26(36)33-16-14-32(15-17-33)24(34)18-31-25(35)19-10-12-21(13-11-19)39(37,38)20-6-2-1-3-7-20;17-15(18,19)11-4-2-1-3-10(11)13(27)25-7-5-24(6-8-25)12(26)9-23-14(28)16(20,21)22;14-13(15)10-6-8-12(9-7-10)18(16,17)11-4-2-1-3-5-11;/h1-13H,14-18H2,(H,31,35);1-4H,5-9H2,(H,23,28);1-9H,(H,14,15);1H4. The molecule has 8 rings (SSSR count). The molecule has 2 aliphatic heterocycles. The predicted molar refractivity (Wildman–Crippen MR) is 290 cm³/mol. The van der Waals surface area contributed by atoms with Crippen LogP contribution in [0.5, 0.6) is 0 Å². The van der Waals surface area contributed by atoms with Crippen LogP contribution >= 0.6 is 0 Å². The Morgan fingerprint density at radius 2 is 0.709 bits per heavy atom. The first-order chi connectivity index (χ1) is 39.9. The lowest BCUT2D eigenvalue weighted by atomic mass is 10.1. The third kappa shape index (κ3) is 17.5. The van der Waals surface area contributed by atoms with E-state index < -0.39 is 108 Å². The molecule has 2 heterocycles. The first-order valence-electron chi connectivity index (χ1n) is 25.0. The lowest BCUT2D eigenvalue weighted by Gasteiger charge is -2.35. The summed E-state index contributed by atoms with van der Waals surface area (Å²) in [6, 6.07) is 35.2. The van der Waals surface area contributed by atoms with Gasteiger partial charge >= 0.3 is 30.4 Å². The van der Waals surface area contributed by atoms with Gasteiger partial charge in [-0.15, -0.1) is 0 Å².